The normalized spacial score (nSPS) is 28.2. The fourth-order valence-corrected chi connectivity index (χ4v) is 8.85. The molecule has 1 aliphatic heterocycles. The number of hydrogen-bond acceptors (Lipinski definition) is 4. The number of rotatable bonds is 6. The largest absolute Gasteiger partial charge is 0.368 e. The Morgan fingerprint density at radius 3 is 2.57 bits per heavy atom. The van der Waals surface area contributed by atoms with E-state index in [9.17, 15) is 8.42 Å². The number of fused-ring (bicyclic) bond motifs is 3. The van der Waals surface area contributed by atoms with Gasteiger partial charge in [-0.2, -0.15) is 0 Å². The van der Waals surface area contributed by atoms with Gasteiger partial charge in [-0.15, -0.1) is 0 Å². The van der Waals surface area contributed by atoms with Gasteiger partial charge in [-0.3, -0.25) is 9.30 Å². The van der Waals surface area contributed by atoms with E-state index in [0.717, 1.165) is 46.4 Å². The van der Waals surface area contributed by atoms with Gasteiger partial charge in [-0.05, 0) is 112 Å². The van der Waals surface area contributed by atoms with Crippen molar-refractivity contribution < 1.29 is 8.42 Å². The highest BCUT2D eigenvalue weighted by Gasteiger charge is 2.48. The molecule has 2 aromatic rings. The third kappa shape index (κ3) is 4.39. The van der Waals surface area contributed by atoms with Crippen LogP contribution in [0.1, 0.15) is 63.5 Å². The van der Waals surface area contributed by atoms with Gasteiger partial charge >= 0.3 is 0 Å². The maximum Gasteiger partial charge on any atom is 0.264 e. The zero-order valence-electron chi connectivity index (χ0n) is 21.8. The fraction of sp³-hybridized carbons (Fsp3) is 0.552. The van der Waals surface area contributed by atoms with Gasteiger partial charge in [0.05, 0.1) is 28.5 Å². The van der Waals surface area contributed by atoms with Crippen molar-refractivity contribution in [3.8, 4) is 0 Å². The first-order valence-electron chi connectivity index (χ1n) is 13.1. The predicted octanol–water partition coefficient (Wildman–Crippen LogP) is 6.65. The Morgan fingerprint density at radius 1 is 1.09 bits per heavy atom. The van der Waals surface area contributed by atoms with Gasteiger partial charge < -0.3 is 4.90 Å². The molecular weight excluding hydrogens is 454 g/mol. The Kier molecular flexibility index (Phi) is 6.23. The first kappa shape index (κ1) is 24.4. The van der Waals surface area contributed by atoms with Crippen LogP contribution in [0.15, 0.2) is 46.3 Å². The highest BCUT2D eigenvalue weighted by Crippen LogP contribution is 2.59. The fourth-order valence-electron chi connectivity index (χ4n) is 7.02. The number of hydrogen-bond donors (Lipinski definition) is 0. The van der Waals surface area contributed by atoms with Crippen LogP contribution in [0.25, 0.3) is 0 Å². The molecule has 2 bridgehead atoms. The van der Waals surface area contributed by atoms with Crippen molar-refractivity contribution in [2.24, 2.45) is 22.2 Å². The van der Waals surface area contributed by atoms with Crippen LogP contribution in [0.5, 0.6) is 0 Å². The second-order valence-corrected chi connectivity index (χ2v) is 13.4. The lowest BCUT2D eigenvalue weighted by atomic mass is 9.50. The number of para-hydroxylation sites is 1. The molecule has 5 nitrogen and oxygen atoms in total. The smallest absolute Gasteiger partial charge is 0.264 e. The zero-order valence-corrected chi connectivity index (χ0v) is 22.6. The van der Waals surface area contributed by atoms with Gasteiger partial charge in [-0.1, -0.05) is 19.1 Å². The van der Waals surface area contributed by atoms with E-state index in [-0.39, 0.29) is 6.04 Å². The van der Waals surface area contributed by atoms with E-state index >= 15 is 0 Å². The van der Waals surface area contributed by atoms with Crippen LogP contribution in [0.3, 0.4) is 0 Å². The highest BCUT2D eigenvalue weighted by molar-refractivity contribution is 7.93. The van der Waals surface area contributed by atoms with E-state index in [0.29, 0.717) is 16.9 Å². The van der Waals surface area contributed by atoms with Gasteiger partial charge in [-0.25, -0.2) is 8.42 Å². The van der Waals surface area contributed by atoms with Gasteiger partial charge in [0, 0.05) is 19.3 Å². The second-order valence-electron chi connectivity index (χ2n) is 11.6. The van der Waals surface area contributed by atoms with E-state index in [1.165, 1.54) is 32.1 Å². The predicted molar refractivity (Wildman–Crippen MR) is 146 cm³/mol. The molecule has 3 fully saturated rings. The number of benzene rings is 2. The summed E-state index contributed by atoms with van der Waals surface area (Å²) >= 11 is 0. The van der Waals surface area contributed by atoms with Crippen molar-refractivity contribution in [2.75, 3.05) is 22.8 Å². The summed E-state index contributed by atoms with van der Waals surface area (Å²) in [6, 6.07) is 11.5. The molecule has 3 aliphatic carbocycles. The van der Waals surface area contributed by atoms with Crippen LogP contribution >= 0.6 is 0 Å². The lowest BCUT2D eigenvalue weighted by molar-refractivity contribution is -0.0380. The highest BCUT2D eigenvalue weighted by atomic mass is 32.2. The van der Waals surface area contributed by atoms with Crippen molar-refractivity contribution in [2.45, 2.75) is 77.2 Å². The van der Waals surface area contributed by atoms with Crippen LogP contribution in [-0.4, -0.2) is 34.3 Å². The molecule has 4 aliphatic rings. The van der Waals surface area contributed by atoms with Gasteiger partial charge in [0.25, 0.3) is 10.0 Å². The minimum Gasteiger partial charge on any atom is -0.368 e. The Balaban J connectivity index is 1.33. The number of aliphatic imine (C=N–C) groups is 1. The molecule has 6 rings (SSSR count). The summed E-state index contributed by atoms with van der Waals surface area (Å²) in [6.07, 6.45) is 9.86. The molecule has 188 valence electrons. The second kappa shape index (κ2) is 8.95. The molecule has 0 aromatic heterocycles. The standard InChI is InChI=1S/C29H39N3O2S/c1-20-14-24-17-29(16-20,18-24)12-7-13-30-25-10-11-27(22(3)15-25)35(33,34)32-19-23(4)31(5)26-9-6-8-21(2)28(26)32/h6,8-11,13,15,20,23-24H,7,12,14,16-19H2,1-5H3/t20?,23-,24?,29?/m1/s1. The van der Waals surface area contributed by atoms with Gasteiger partial charge in [0.2, 0.25) is 0 Å². The Hall–Kier alpha value is -2.34. The molecule has 0 spiro atoms. The molecular formula is C29H39N3O2S. The molecule has 3 saturated carbocycles. The average molecular weight is 494 g/mol. The van der Waals surface area contributed by atoms with Crippen LogP contribution in [0.4, 0.5) is 17.1 Å². The Labute approximate surface area is 211 Å². The van der Waals surface area contributed by atoms with Crippen molar-refractivity contribution in [3.63, 3.8) is 0 Å². The van der Waals surface area contributed by atoms with Crippen LogP contribution in [-0.2, 0) is 10.0 Å². The van der Waals surface area contributed by atoms with E-state index in [1.807, 2.05) is 57.4 Å². The summed E-state index contributed by atoms with van der Waals surface area (Å²) < 4.78 is 29.3. The molecule has 1 heterocycles. The monoisotopic (exact) mass is 493 g/mol. The van der Waals surface area contributed by atoms with Gasteiger partial charge in [0.15, 0.2) is 0 Å². The zero-order chi connectivity index (χ0) is 25.0. The summed E-state index contributed by atoms with van der Waals surface area (Å²) in [5.74, 6) is 1.84. The summed E-state index contributed by atoms with van der Waals surface area (Å²) in [4.78, 5) is 7.21. The summed E-state index contributed by atoms with van der Waals surface area (Å²) in [5, 5.41) is 0. The third-order valence-corrected chi connectivity index (χ3v) is 10.6. The first-order chi connectivity index (χ1) is 16.6. The molecule has 2 atom stereocenters. The molecule has 1 unspecified atom stereocenters. The van der Waals surface area contributed by atoms with Crippen molar-refractivity contribution >= 4 is 33.3 Å². The number of likely N-dealkylation sites (N-methyl/N-ethyl adjacent to an activating group) is 1. The summed E-state index contributed by atoms with van der Waals surface area (Å²) in [5.41, 5.74) is 4.83. The molecule has 2 aromatic carbocycles. The number of anilines is 2. The van der Waals surface area contributed by atoms with Crippen LogP contribution in [0.2, 0.25) is 0 Å². The third-order valence-electron chi connectivity index (χ3n) is 8.67. The van der Waals surface area contributed by atoms with E-state index in [1.54, 1.807) is 10.4 Å². The average Bonchev–Trinajstić information content (AvgIpc) is 2.78. The minimum absolute atomic E-state index is 0.0841. The SMILES string of the molecule is Cc1cc(N=CCCC23CC(C)CC(C2)C3)ccc1S(=O)(=O)N1C[C@@H](C)N(C)c2cccc(C)c21. The molecule has 0 amide bonds. The topological polar surface area (TPSA) is 53.0 Å². The molecule has 0 radical (unpaired) electrons. The number of nitrogens with zero attached hydrogens (tertiary/aromatic N) is 3. The Bertz CT molecular complexity index is 1250. The van der Waals surface area contributed by atoms with Gasteiger partial charge in [0.1, 0.15) is 0 Å². The molecule has 35 heavy (non-hydrogen) atoms. The van der Waals surface area contributed by atoms with E-state index in [4.69, 9.17) is 0 Å². The lowest BCUT2D eigenvalue weighted by Crippen LogP contribution is -2.48. The van der Waals surface area contributed by atoms with Crippen molar-refractivity contribution in [1.82, 2.24) is 0 Å². The summed E-state index contributed by atoms with van der Waals surface area (Å²) in [7, 11) is -1.66. The lowest BCUT2D eigenvalue weighted by Gasteiger charge is -2.55. The van der Waals surface area contributed by atoms with Crippen molar-refractivity contribution in [1.29, 1.82) is 0 Å². The Morgan fingerprint density at radius 2 is 1.86 bits per heavy atom. The van der Waals surface area contributed by atoms with E-state index < -0.39 is 10.0 Å². The summed E-state index contributed by atoms with van der Waals surface area (Å²) in [6.45, 7) is 8.75. The minimum atomic E-state index is -3.69. The maximum absolute atomic E-state index is 13.9. The molecule has 0 N–H and O–H groups in total. The quantitative estimate of drug-likeness (QED) is 0.424. The molecule has 0 saturated heterocycles. The number of sulfonamides is 1. The number of aryl methyl sites for hydroxylation is 2. The van der Waals surface area contributed by atoms with Crippen LogP contribution < -0.4 is 9.21 Å². The van der Waals surface area contributed by atoms with Crippen molar-refractivity contribution in [3.05, 3.63) is 47.5 Å². The van der Waals surface area contributed by atoms with Crippen LogP contribution in [0, 0.1) is 31.1 Å². The maximum atomic E-state index is 13.9. The first-order valence-corrected chi connectivity index (χ1v) is 14.5. The van der Waals surface area contributed by atoms with E-state index in [2.05, 4.69) is 23.7 Å². The molecule has 6 heteroatoms.